The number of hydrogen-bond donors (Lipinski definition) is 3. The molecule has 3 N–H and O–H groups in total. The van der Waals surface area contributed by atoms with Crippen molar-refractivity contribution < 1.29 is 19.5 Å². The predicted molar refractivity (Wildman–Crippen MR) is 85.5 cm³/mol. The molecule has 1 aromatic carbocycles. The Balaban J connectivity index is 2.23. The van der Waals surface area contributed by atoms with Crippen LogP contribution in [0, 0.1) is 5.92 Å². The lowest BCUT2D eigenvalue weighted by atomic mass is 10.1. The third-order valence-electron chi connectivity index (χ3n) is 2.91. The maximum atomic E-state index is 11.8. The molecule has 0 spiro atoms. The van der Waals surface area contributed by atoms with Crippen LogP contribution in [0.5, 0.6) is 0 Å². The summed E-state index contributed by atoms with van der Waals surface area (Å²) in [4.78, 5) is 33.9. The van der Waals surface area contributed by atoms with E-state index in [-0.39, 0.29) is 37.1 Å². The van der Waals surface area contributed by atoms with E-state index in [2.05, 4.69) is 26.6 Å². The number of rotatable bonds is 8. The fraction of sp³-hybridized carbons (Fsp3) is 0.400. The molecule has 0 aliphatic carbocycles. The van der Waals surface area contributed by atoms with Crippen molar-refractivity contribution in [3.8, 4) is 0 Å². The maximum Gasteiger partial charge on any atom is 0.303 e. The van der Waals surface area contributed by atoms with Crippen molar-refractivity contribution in [1.29, 1.82) is 0 Å². The van der Waals surface area contributed by atoms with E-state index in [9.17, 15) is 14.4 Å². The Bertz CT molecular complexity index is 531. The van der Waals surface area contributed by atoms with Crippen molar-refractivity contribution in [2.45, 2.75) is 19.8 Å². The summed E-state index contributed by atoms with van der Waals surface area (Å²) in [6.07, 6.45) is 0.169. The number of halogens is 1. The second kappa shape index (κ2) is 9.19. The SMILES string of the molecule is CC(CNC(=O)CCNC(=O)c1ccc(Br)cc1)CC(=O)O. The molecule has 6 nitrogen and oxygen atoms in total. The zero-order valence-electron chi connectivity index (χ0n) is 12.3. The lowest BCUT2D eigenvalue weighted by Crippen LogP contribution is -2.33. The van der Waals surface area contributed by atoms with Crippen LogP contribution in [0.3, 0.4) is 0 Å². The molecule has 0 aromatic heterocycles. The van der Waals surface area contributed by atoms with Gasteiger partial charge in [-0.15, -0.1) is 0 Å². The molecule has 22 heavy (non-hydrogen) atoms. The first-order valence-electron chi connectivity index (χ1n) is 6.90. The van der Waals surface area contributed by atoms with Gasteiger partial charge in [-0.25, -0.2) is 0 Å². The molecule has 0 saturated carbocycles. The van der Waals surface area contributed by atoms with E-state index in [1.807, 2.05) is 0 Å². The number of benzene rings is 1. The van der Waals surface area contributed by atoms with Crippen molar-refractivity contribution in [1.82, 2.24) is 10.6 Å². The van der Waals surface area contributed by atoms with Gasteiger partial charge in [0.05, 0.1) is 0 Å². The summed E-state index contributed by atoms with van der Waals surface area (Å²) in [5.41, 5.74) is 0.527. The Kier molecular flexibility index (Phi) is 7.59. The quantitative estimate of drug-likeness (QED) is 0.649. The Morgan fingerprint density at radius 1 is 1.18 bits per heavy atom. The van der Waals surface area contributed by atoms with Crippen LogP contribution >= 0.6 is 15.9 Å². The summed E-state index contributed by atoms with van der Waals surface area (Å²) in [6.45, 7) is 2.30. The van der Waals surface area contributed by atoms with Gasteiger partial charge in [0, 0.05) is 36.0 Å². The number of aliphatic carboxylic acids is 1. The minimum absolute atomic E-state index is 0.0145. The molecule has 1 unspecified atom stereocenters. The Hall–Kier alpha value is -1.89. The number of carbonyl (C=O) groups excluding carboxylic acids is 2. The van der Waals surface area contributed by atoms with Crippen LogP contribution in [0.15, 0.2) is 28.7 Å². The van der Waals surface area contributed by atoms with Crippen LogP contribution < -0.4 is 10.6 Å². The third kappa shape index (κ3) is 7.21. The Labute approximate surface area is 137 Å². The fourth-order valence-corrected chi connectivity index (χ4v) is 2.00. The summed E-state index contributed by atoms with van der Waals surface area (Å²) in [5, 5.41) is 13.9. The molecule has 0 fully saturated rings. The number of amides is 2. The predicted octanol–water partition coefficient (Wildman–Crippen LogP) is 1.80. The van der Waals surface area contributed by atoms with E-state index in [1.54, 1.807) is 31.2 Å². The summed E-state index contributed by atoms with van der Waals surface area (Å²) in [5.74, 6) is -1.46. The largest absolute Gasteiger partial charge is 0.481 e. The van der Waals surface area contributed by atoms with E-state index >= 15 is 0 Å². The van der Waals surface area contributed by atoms with Gasteiger partial charge in [0.1, 0.15) is 0 Å². The maximum absolute atomic E-state index is 11.8. The number of carboxylic acids is 1. The molecule has 120 valence electrons. The van der Waals surface area contributed by atoms with Gasteiger partial charge in [0.15, 0.2) is 0 Å². The molecule has 0 aliphatic heterocycles. The Morgan fingerprint density at radius 2 is 1.82 bits per heavy atom. The van der Waals surface area contributed by atoms with Gasteiger partial charge < -0.3 is 15.7 Å². The Morgan fingerprint density at radius 3 is 2.41 bits per heavy atom. The molecular weight excluding hydrogens is 352 g/mol. The van der Waals surface area contributed by atoms with Crippen molar-refractivity contribution in [2.75, 3.05) is 13.1 Å². The van der Waals surface area contributed by atoms with Gasteiger partial charge in [-0.3, -0.25) is 14.4 Å². The topological polar surface area (TPSA) is 95.5 Å². The van der Waals surface area contributed by atoms with E-state index in [0.29, 0.717) is 12.1 Å². The normalized spacial score (nSPS) is 11.5. The molecule has 0 bridgehead atoms. The molecule has 0 aliphatic rings. The van der Waals surface area contributed by atoms with E-state index in [4.69, 9.17) is 5.11 Å². The highest BCUT2D eigenvalue weighted by molar-refractivity contribution is 9.10. The number of hydrogen-bond acceptors (Lipinski definition) is 3. The molecule has 0 heterocycles. The van der Waals surface area contributed by atoms with Crippen molar-refractivity contribution in [2.24, 2.45) is 5.92 Å². The molecule has 0 radical (unpaired) electrons. The standard InChI is InChI=1S/C15H19BrN2O4/c1-10(8-14(20)21)9-18-13(19)6-7-17-15(22)11-2-4-12(16)5-3-11/h2-5,10H,6-9H2,1H3,(H,17,22)(H,18,19)(H,20,21). The molecule has 7 heteroatoms. The van der Waals surface area contributed by atoms with Crippen LogP contribution in [0.25, 0.3) is 0 Å². The summed E-state index contributed by atoms with van der Waals surface area (Å²) >= 11 is 3.29. The minimum atomic E-state index is -0.886. The van der Waals surface area contributed by atoms with Crippen LogP contribution in [0.1, 0.15) is 30.1 Å². The highest BCUT2D eigenvalue weighted by Crippen LogP contribution is 2.10. The number of carbonyl (C=O) groups is 3. The lowest BCUT2D eigenvalue weighted by Gasteiger charge is -2.10. The molecule has 1 aromatic rings. The first kappa shape index (κ1) is 18.2. The van der Waals surface area contributed by atoms with Crippen molar-refractivity contribution in [3.63, 3.8) is 0 Å². The summed E-state index contributed by atoms with van der Waals surface area (Å²) in [6, 6.07) is 6.91. The van der Waals surface area contributed by atoms with Gasteiger partial charge in [-0.1, -0.05) is 22.9 Å². The zero-order valence-corrected chi connectivity index (χ0v) is 13.9. The second-order valence-corrected chi connectivity index (χ2v) is 5.94. The van der Waals surface area contributed by atoms with Gasteiger partial charge in [-0.05, 0) is 30.2 Å². The fourth-order valence-electron chi connectivity index (χ4n) is 1.74. The van der Waals surface area contributed by atoms with Crippen molar-refractivity contribution >= 4 is 33.7 Å². The van der Waals surface area contributed by atoms with E-state index in [0.717, 1.165) is 4.47 Å². The minimum Gasteiger partial charge on any atom is -0.481 e. The molecule has 2 amide bonds. The van der Waals surface area contributed by atoms with Crippen LogP contribution in [0.2, 0.25) is 0 Å². The van der Waals surface area contributed by atoms with E-state index in [1.165, 1.54) is 0 Å². The lowest BCUT2D eigenvalue weighted by molar-refractivity contribution is -0.138. The van der Waals surface area contributed by atoms with Gasteiger partial charge in [0.25, 0.3) is 5.91 Å². The average Bonchev–Trinajstić information content (AvgIpc) is 2.45. The third-order valence-corrected chi connectivity index (χ3v) is 3.44. The van der Waals surface area contributed by atoms with E-state index < -0.39 is 5.97 Å². The molecular formula is C15H19BrN2O4. The van der Waals surface area contributed by atoms with Crippen molar-refractivity contribution in [3.05, 3.63) is 34.3 Å². The van der Waals surface area contributed by atoms with Gasteiger partial charge in [0.2, 0.25) is 5.91 Å². The monoisotopic (exact) mass is 370 g/mol. The summed E-state index contributed by atoms with van der Waals surface area (Å²) < 4.78 is 0.888. The number of carboxylic acid groups (broad SMARTS) is 1. The average molecular weight is 371 g/mol. The van der Waals surface area contributed by atoms with Crippen LogP contribution in [0.4, 0.5) is 0 Å². The smallest absolute Gasteiger partial charge is 0.303 e. The summed E-state index contributed by atoms with van der Waals surface area (Å²) in [7, 11) is 0. The van der Waals surface area contributed by atoms with Gasteiger partial charge in [-0.2, -0.15) is 0 Å². The zero-order chi connectivity index (χ0) is 16.5. The van der Waals surface area contributed by atoms with Gasteiger partial charge >= 0.3 is 5.97 Å². The molecule has 1 rings (SSSR count). The highest BCUT2D eigenvalue weighted by Gasteiger charge is 2.10. The van der Waals surface area contributed by atoms with Crippen LogP contribution in [-0.2, 0) is 9.59 Å². The molecule has 1 atom stereocenters. The number of nitrogens with one attached hydrogen (secondary N) is 2. The first-order chi connectivity index (χ1) is 10.4. The first-order valence-corrected chi connectivity index (χ1v) is 7.70. The molecule has 0 saturated heterocycles. The second-order valence-electron chi connectivity index (χ2n) is 5.02. The van der Waals surface area contributed by atoms with Crippen LogP contribution in [-0.4, -0.2) is 36.0 Å². The highest BCUT2D eigenvalue weighted by atomic mass is 79.9.